The van der Waals surface area contributed by atoms with Crippen molar-refractivity contribution in [2.24, 2.45) is 11.8 Å². The van der Waals surface area contributed by atoms with Gasteiger partial charge in [0, 0.05) is 12.5 Å². The van der Waals surface area contributed by atoms with Crippen LogP contribution in [0.5, 0.6) is 0 Å². The average molecular weight is 255 g/mol. The molecule has 1 saturated carbocycles. The first-order chi connectivity index (χ1) is 8.49. The SMILES string of the molecule is CC1CCCC(OCCC(=O)NC(C)C(C)C)C1. The summed E-state index contributed by atoms with van der Waals surface area (Å²) in [6.07, 6.45) is 5.78. The van der Waals surface area contributed by atoms with Gasteiger partial charge in [-0.2, -0.15) is 0 Å². The quantitative estimate of drug-likeness (QED) is 0.792. The minimum atomic E-state index is 0.111. The Hall–Kier alpha value is -0.570. The summed E-state index contributed by atoms with van der Waals surface area (Å²) in [5.74, 6) is 1.37. The Bertz CT molecular complexity index is 253. The summed E-state index contributed by atoms with van der Waals surface area (Å²) in [5.41, 5.74) is 0. The molecule has 0 bridgehead atoms. The molecule has 0 aromatic heterocycles. The third-order valence-corrected chi connectivity index (χ3v) is 3.96. The van der Waals surface area contributed by atoms with Gasteiger partial charge in [0.05, 0.1) is 12.7 Å². The van der Waals surface area contributed by atoms with Gasteiger partial charge in [0.15, 0.2) is 0 Å². The Morgan fingerprint density at radius 2 is 2.06 bits per heavy atom. The van der Waals surface area contributed by atoms with Gasteiger partial charge in [0.1, 0.15) is 0 Å². The molecule has 3 nitrogen and oxygen atoms in total. The number of nitrogens with one attached hydrogen (secondary N) is 1. The lowest BCUT2D eigenvalue weighted by Gasteiger charge is -2.26. The Morgan fingerprint density at radius 3 is 2.67 bits per heavy atom. The molecule has 106 valence electrons. The third-order valence-electron chi connectivity index (χ3n) is 3.96. The molecule has 1 fully saturated rings. The van der Waals surface area contributed by atoms with E-state index in [0.29, 0.717) is 25.0 Å². The molecule has 0 radical (unpaired) electrons. The fourth-order valence-corrected chi connectivity index (χ4v) is 2.34. The van der Waals surface area contributed by atoms with Gasteiger partial charge in [0.2, 0.25) is 5.91 Å². The van der Waals surface area contributed by atoms with Crippen molar-refractivity contribution in [2.75, 3.05) is 6.61 Å². The van der Waals surface area contributed by atoms with Crippen LogP contribution in [0.15, 0.2) is 0 Å². The highest BCUT2D eigenvalue weighted by Crippen LogP contribution is 2.25. The van der Waals surface area contributed by atoms with Gasteiger partial charge >= 0.3 is 0 Å². The molecule has 1 amide bonds. The minimum Gasteiger partial charge on any atom is -0.378 e. The first-order valence-corrected chi connectivity index (χ1v) is 7.40. The second kappa shape index (κ2) is 7.78. The second-order valence-electron chi connectivity index (χ2n) is 6.11. The van der Waals surface area contributed by atoms with Crippen LogP contribution in [-0.4, -0.2) is 24.7 Å². The number of carbonyl (C=O) groups is 1. The molecule has 3 unspecified atom stereocenters. The zero-order valence-electron chi connectivity index (χ0n) is 12.4. The molecule has 1 aliphatic carbocycles. The molecule has 1 rings (SSSR count). The van der Waals surface area contributed by atoms with E-state index >= 15 is 0 Å². The lowest BCUT2D eigenvalue weighted by Crippen LogP contribution is -2.36. The van der Waals surface area contributed by atoms with Gasteiger partial charge < -0.3 is 10.1 Å². The highest BCUT2D eigenvalue weighted by Gasteiger charge is 2.19. The van der Waals surface area contributed by atoms with Gasteiger partial charge in [0.25, 0.3) is 0 Å². The summed E-state index contributed by atoms with van der Waals surface area (Å²) < 4.78 is 5.81. The monoisotopic (exact) mass is 255 g/mol. The van der Waals surface area contributed by atoms with Crippen LogP contribution >= 0.6 is 0 Å². The van der Waals surface area contributed by atoms with E-state index in [4.69, 9.17) is 4.74 Å². The molecule has 0 aliphatic heterocycles. The highest BCUT2D eigenvalue weighted by atomic mass is 16.5. The lowest BCUT2D eigenvalue weighted by atomic mass is 9.89. The standard InChI is InChI=1S/C15H29NO2/c1-11(2)13(4)16-15(17)8-9-18-14-7-5-6-12(3)10-14/h11-14H,5-10H2,1-4H3,(H,16,17). The first-order valence-electron chi connectivity index (χ1n) is 7.40. The summed E-state index contributed by atoms with van der Waals surface area (Å²) in [6.45, 7) is 9.13. The molecule has 0 aromatic rings. The van der Waals surface area contributed by atoms with Gasteiger partial charge in [-0.3, -0.25) is 4.79 Å². The van der Waals surface area contributed by atoms with Crippen molar-refractivity contribution in [3.63, 3.8) is 0 Å². The molecular formula is C15H29NO2. The van der Waals surface area contributed by atoms with Crippen LogP contribution in [0.3, 0.4) is 0 Å². The van der Waals surface area contributed by atoms with Crippen LogP contribution in [-0.2, 0) is 9.53 Å². The Balaban J connectivity index is 2.11. The van der Waals surface area contributed by atoms with Crippen molar-refractivity contribution >= 4 is 5.91 Å². The van der Waals surface area contributed by atoms with E-state index in [1.54, 1.807) is 0 Å². The van der Waals surface area contributed by atoms with E-state index in [9.17, 15) is 4.79 Å². The first kappa shape index (κ1) is 15.5. The van der Waals surface area contributed by atoms with Crippen molar-refractivity contribution in [3.8, 4) is 0 Å². The van der Waals surface area contributed by atoms with Crippen molar-refractivity contribution in [3.05, 3.63) is 0 Å². The van der Waals surface area contributed by atoms with E-state index in [1.165, 1.54) is 12.8 Å². The number of amides is 1. The molecular weight excluding hydrogens is 226 g/mol. The fraction of sp³-hybridized carbons (Fsp3) is 0.933. The zero-order valence-corrected chi connectivity index (χ0v) is 12.4. The molecule has 3 atom stereocenters. The Morgan fingerprint density at radius 1 is 1.33 bits per heavy atom. The molecule has 0 aromatic carbocycles. The maximum absolute atomic E-state index is 11.7. The van der Waals surface area contributed by atoms with E-state index in [2.05, 4.69) is 26.1 Å². The summed E-state index contributed by atoms with van der Waals surface area (Å²) in [7, 11) is 0. The van der Waals surface area contributed by atoms with Gasteiger partial charge in [-0.15, -0.1) is 0 Å². The fourth-order valence-electron chi connectivity index (χ4n) is 2.34. The predicted octanol–water partition coefficient (Wildman–Crippen LogP) is 3.13. The van der Waals surface area contributed by atoms with E-state index in [-0.39, 0.29) is 11.9 Å². The van der Waals surface area contributed by atoms with Crippen LogP contribution in [0.2, 0.25) is 0 Å². The van der Waals surface area contributed by atoms with Crippen molar-refractivity contribution in [1.29, 1.82) is 0 Å². The molecule has 1 aliphatic rings. The topological polar surface area (TPSA) is 38.3 Å². The lowest BCUT2D eigenvalue weighted by molar-refractivity contribution is -0.123. The highest BCUT2D eigenvalue weighted by molar-refractivity contribution is 5.76. The van der Waals surface area contributed by atoms with Crippen LogP contribution in [0.1, 0.15) is 59.8 Å². The second-order valence-corrected chi connectivity index (χ2v) is 6.11. The van der Waals surface area contributed by atoms with Gasteiger partial charge in [-0.25, -0.2) is 0 Å². The summed E-state index contributed by atoms with van der Waals surface area (Å²) in [6, 6.07) is 0.243. The molecule has 1 N–H and O–H groups in total. The summed E-state index contributed by atoms with van der Waals surface area (Å²) in [5, 5.41) is 3.01. The molecule has 0 saturated heterocycles. The molecule has 3 heteroatoms. The van der Waals surface area contributed by atoms with Gasteiger partial charge in [-0.1, -0.05) is 33.6 Å². The number of hydrogen-bond donors (Lipinski definition) is 1. The van der Waals surface area contributed by atoms with Crippen LogP contribution in [0, 0.1) is 11.8 Å². The zero-order chi connectivity index (χ0) is 13.5. The summed E-state index contributed by atoms with van der Waals surface area (Å²) >= 11 is 0. The number of hydrogen-bond acceptors (Lipinski definition) is 2. The Kier molecular flexibility index (Phi) is 6.69. The van der Waals surface area contributed by atoms with Crippen molar-refractivity contribution in [2.45, 2.75) is 71.9 Å². The Labute approximate surface area is 112 Å². The predicted molar refractivity (Wildman–Crippen MR) is 74.4 cm³/mol. The van der Waals surface area contributed by atoms with Crippen LogP contribution in [0.4, 0.5) is 0 Å². The largest absolute Gasteiger partial charge is 0.378 e. The van der Waals surface area contributed by atoms with Crippen LogP contribution < -0.4 is 5.32 Å². The number of ether oxygens (including phenoxy) is 1. The van der Waals surface area contributed by atoms with Crippen molar-refractivity contribution < 1.29 is 9.53 Å². The number of rotatable bonds is 6. The maximum atomic E-state index is 11.7. The summed E-state index contributed by atoms with van der Waals surface area (Å²) in [4.78, 5) is 11.7. The maximum Gasteiger partial charge on any atom is 0.222 e. The van der Waals surface area contributed by atoms with E-state index < -0.39 is 0 Å². The molecule has 0 heterocycles. The van der Waals surface area contributed by atoms with E-state index in [0.717, 1.165) is 18.8 Å². The average Bonchev–Trinajstić information content (AvgIpc) is 2.28. The minimum absolute atomic E-state index is 0.111. The van der Waals surface area contributed by atoms with Gasteiger partial charge in [-0.05, 0) is 31.6 Å². The van der Waals surface area contributed by atoms with Crippen LogP contribution in [0.25, 0.3) is 0 Å². The molecule has 18 heavy (non-hydrogen) atoms. The van der Waals surface area contributed by atoms with Crippen molar-refractivity contribution in [1.82, 2.24) is 5.32 Å². The normalized spacial score (nSPS) is 26.1. The van der Waals surface area contributed by atoms with E-state index in [1.807, 2.05) is 6.92 Å². The number of carbonyl (C=O) groups excluding carboxylic acids is 1. The molecule has 0 spiro atoms. The third kappa shape index (κ3) is 5.85. The smallest absolute Gasteiger partial charge is 0.222 e.